The first-order valence-electron chi connectivity index (χ1n) is 19.6. The van der Waals surface area contributed by atoms with Crippen LogP contribution in [0.4, 0.5) is 0 Å². The van der Waals surface area contributed by atoms with Crippen molar-refractivity contribution >= 4 is 10.8 Å². The molecule has 3 heteroatoms. The van der Waals surface area contributed by atoms with E-state index in [-0.39, 0.29) is 0 Å². The average molecular weight is 740 g/mol. The van der Waals surface area contributed by atoms with Gasteiger partial charge in [0.25, 0.3) is 0 Å². The normalized spacial score (nSPS) is 11.1. The summed E-state index contributed by atoms with van der Waals surface area (Å²) in [7, 11) is 0. The van der Waals surface area contributed by atoms with E-state index in [1.165, 1.54) is 11.1 Å². The molecule has 3 nitrogen and oxygen atoms in total. The van der Waals surface area contributed by atoms with Crippen molar-refractivity contribution in [3.05, 3.63) is 224 Å². The van der Waals surface area contributed by atoms with E-state index in [0.29, 0.717) is 17.5 Å². The Bertz CT molecular complexity index is 3010. The third-order valence-corrected chi connectivity index (χ3v) is 10.8. The molecular formula is C55H37N3. The van der Waals surface area contributed by atoms with Crippen molar-refractivity contribution in [1.82, 2.24) is 15.0 Å². The highest BCUT2D eigenvalue weighted by molar-refractivity contribution is 6.08. The Labute approximate surface area is 338 Å². The van der Waals surface area contributed by atoms with Crippen LogP contribution in [0.1, 0.15) is 0 Å². The molecule has 0 atom stereocenters. The van der Waals surface area contributed by atoms with Gasteiger partial charge in [0.15, 0.2) is 17.5 Å². The Hall–Kier alpha value is -7.75. The predicted molar refractivity (Wildman–Crippen MR) is 241 cm³/mol. The smallest absolute Gasteiger partial charge is 0.164 e. The number of aromatic nitrogens is 3. The van der Waals surface area contributed by atoms with Gasteiger partial charge in [0.05, 0.1) is 0 Å². The van der Waals surface area contributed by atoms with Gasteiger partial charge in [-0.15, -0.1) is 0 Å². The lowest BCUT2D eigenvalue weighted by molar-refractivity contribution is 1.08. The van der Waals surface area contributed by atoms with E-state index in [0.717, 1.165) is 72.0 Å². The summed E-state index contributed by atoms with van der Waals surface area (Å²) in [6, 6.07) is 79.0. The molecule has 0 bridgehead atoms. The van der Waals surface area contributed by atoms with Crippen LogP contribution in [0, 0.1) is 0 Å². The molecule has 1 heterocycles. The van der Waals surface area contributed by atoms with Gasteiger partial charge in [-0.3, -0.25) is 0 Å². The summed E-state index contributed by atoms with van der Waals surface area (Å²) < 4.78 is 0. The minimum atomic E-state index is 0.612. The Morgan fingerprint density at radius 2 is 0.621 bits per heavy atom. The highest BCUT2D eigenvalue weighted by atomic mass is 15.0. The molecule has 0 saturated carbocycles. The third kappa shape index (κ3) is 6.55. The molecule has 10 aromatic rings. The molecule has 272 valence electrons. The van der Waals surface area contributed by atoms with Gasteiger partial charge in [-0.2, -0.15) is 0 Å². The summed E-state index contributed by atoms with van der Waals surface area (Å²) in [6.07, 6.45) is 0. The van der Waals surface area contributed by atoms with Crippen LogP contribution >= 0.6 is 0 Å². The van der Waals surface area contributed by atoms with E-state index in [1.807, 2.05) is 18.2 Å². The van der Waals surface area contributed by atoms with E-state index in [4.69, 9.17) is 15.0 Å². The Morgan fingerprint density at radius 3 is 1.22 bits per heavy atom. The summed E-state index contributed by atoms with van der Waals surface area (Å²) >= 11 is 0. The largest absolute Gasteiger partial charge is 0.208 e. The molecule has 0 aliphatic carbocycles. The zero-order valence-electron chi connectivity index (χ0n) is 31.7. The number of benzene rings is 9. The maximum atomic E-state index is 5.34. The van der Waals surface area contributed by atoms with Gasteiger partial charge < -0.3 is 0 Å². The standard InChI is InChI=1S/C55H37N3/c1-6-21-39(22-7-1)48-37-49(51(41-26-10-3-11-27-41)52(42-28-12-4-13-29-42)50(48)40-24-8-2-9-25-40)45-34-18-19-35-47(45)55-57-53(43-30-14-5-15-31-43)56-54(58-55)46-36-20-32-38-23-16-17-33-44(38)46/h1-37H. The van der Waals surface area contributed by atoms with Crippen LogP contribution in [0.5, 0.6) is 0 Å². The zero-order chi connectivity index (χ0) is 38.7. The van der Waals surface area contributed by atoms with E-state index in [9.17, 15) is 0 Å². The SMILES string of the molecule is c1ccc(-c2nc(-c3ccccc3-c3cc(-c4ccccc4)c(-c4ccccc4)c(-c4ccccc4)c3-c3ccccc3)nc(-c3cccc4ccccc34)n2)cc1. The van der Waals surface area contributed by atoms with Gasteiger partial charge in [0.2, 0.25) is 0 Å². The van der Waals surface area contributed by atoms with Gasteiger partial charge in [0.1, 0.15) is 0 Å². The second-order valence-electron chi connectivity index (χ2n) is 14.3. The van der Waals surface area contributed by atoms with E-state index in [1.54, 1.807) is 0 Å². The first kappa shape index (κ1) is 34.7. The average Bonchev–Trinajstić information content (AvgIpc) is 3.32. The molecule has 0 aliphatic heterocycles. The number of rotatable bonds is 8. The van der Waals surface area contributed by atoms with E-state index >= 15 is 0 Å². The fourth-order valence-electron chi connectivity index (χ4n) is 8.11. The van der Waals surface area contributed by atoms with Crippen molar-refractivity contribution < 1.29 is 0 Å². The van der Waals surface area contributed by atoms with Crippen LogP contribution in [0.25, 0.3) is 101 Å². The Morgan fingerprint density at radius 1 is 0.224 bits per heavy atom. The summed E-state index contributed by atoms with van der Waals surface area (Å²) in [5, 5.41) is 2.23. The zero-order valence-corrected chi connectivity index (χ0v) is 31.7. The Balaban J connectivity index is 1.32. The highest BCUT2D eigenvalue weighted by Gasteiger charge is 2.26. The lowest BCUT2D eigenvalue weighted by Crippen LogP contribution is -2.02. The first-order valence-corrected chi connectivity index (χ1v) is 19.6. The van der Waals surface area contributed by atoms with Crippen LogP contribution in [0.2, 0.25) is 0 Å². The van der Waals surface area contributed by atoms with Crippen LogP contribution in [0.15, 0.2) is 224 Å². The van der Waals surface area contributed by atoms with Gasteiger partial charge >= 0.3 is 0 Å². The highest BCUT2D eigenvalue weighted by Crippen LogP contribution is 2.51. The molecule has 0 fully saturated rings. The fourth-order valence-corrected chi connectivity index (χ4v) is 8.11. The molecule has 0 radical (unpaired) electrons. The minimum absolute atomic E-state index is 0.612. The second-order valence-corrected chi connectivity index (χ2v) is 14.3. The topological polar surface area (TPSA) is 38.7 Å². The van der Waals surface area contributed by atoms with Crippen molar-refractivity contribution in [2.75, 3.05) is 0 Å². The Kier molecular flexibility index (Phi) is 9.23. The molecule has 0 unspecified atom stereocenters. The molecular weight excluding hydrogens is 703 g/mol. The maximum Gasteiger partial charge on any atom is 0.164 e. The molecule has 58 heavy (non-hydrogen) atoms. The van der Waals surface area contributed by atoms with Crippen molar-refractivity contribution in [2.24, 2.45) is 0 Å². The van der Waals surface area contributed by atoms with Crippen LogP contribution in [-0.2, 0) is 0 Å². The summed E-state index contributed by atoms with van der Waals surface area (Å²) in [5.74, 6) is 1.87. The van der Waals surface area contributed by atoms with Gasteiger partial charge in [-0.05, 0) is 72.5 Å². The van der Waals surface area contributed by atoms with Crippen molar-refractivity contribution in [1.29, 1.82) is 0 Å². The van der Waals surface area contributed by atoms with Crippen LogP contribution in [-0.4, -0.2) is 15.0 Å². The number of nitrogens with zero attached hydrogens (tertiary/aromatic N) is 3. The van der Waals surface area contributed by atoms with E-state index < -0.39 is 0 Å². The number of hydrogen-bond donors (Lipinski definition) is 0. The lowest BCUT2D eigenvalue weighted by Gasteiger charge is -2.25. The molecule has 0 N–H and O–H groups in total. The fraction of sp³-hybridized carbons (Fsp3) is 0. The third-order valence-electron chi connectivity index (χ3n) is 10.8. The minimum Gasteiger partial charge on any atom is -0.208 e. The summed E-state index contributed by atoms with van der Waals surface area (Å²) in [5.41, 5.74) is 14.1. The van der Waals surface area contributed by atoms with Crippen LogP contribution in [0.3, 0.4) is 0 Å². The van der Waals surface area contributed by atoms with Crippen molar-refractivity contribution in [3.63, 3.8) is 0 Å². The first-order chi connectivity index (χ1) is 28.8. The summed E-state index contributed by atoms with van der Waals surface area (Å²) in [6.45, 7) is 0. The van der Waals surface area contributed by atoms with Crippen molar-refractivity contribution in [3.8, 4) is 89.8 Å². The van der Waals surface area contributed by atoms with Gasteiger partial charge in [-0.1, -0.05) is 218 Å². The molecule has 10 rings (SSSR count). The molecule has 1 aromatic heterocycles. The van der Waals surface area contributed by atoms with Crippen molar-refractivity contribution in [2.45, 2.75) is 0 Å². The number of fused-ring (bicyclic) bond motifs is 1. The monoisotopic (exact) mass is 739 g/mol. The quantitative estimate of drug-likeness (QED) is 0.156. The summed E-state index contributed by atoms with van der Waals surface area (Å²) in [4.78, 5) is 15.8. The van der Waals surface area contributed by atoms with Gasteiger partial charge in [0, 0.05) is 16.7 Å². The molecule has 0 aliphatic rings. The molecule has 0 amide bonds. The molecule has 0 spiro atoms. The maximum absolute atomic E-state index is 5.34. The predicted octanol–water partition coefficient (Wildman–Crippen LogP) is 14.4. The van der Waals surface area contributed by atoms with Gasteiger partial charge in [-0.25, -0.2) is 15.0 Å². The second kappa shape index (κ2) is 15.4. The molecule has 9 aromatic carbocycles. The molecule has 0 saturated heterocycles. The van der Waals surface area contributed by atoms with Crippen LogP contribution < -0.4 is 0 Å². The number of hydrogen-bond acceptors (Lipinski definition) is 3. The van der Waals surface area contributed by atoms with E-state index in [2.05, 4.69) is 206 Å². The lowest BCUT2D eigenvalue weighted by atomic mass is 9.78.